The highest BCUT2D eigenvalue weighted by Gasteiger charge is 2.18. The van der Waals surface area contributed by atoms with E-state index in [9.17, 15) is 4.79 Å². The third-order valence-electron chi connectivity index (χ3n) is 5.82. The molecule has 3 heterocycles. The van der Waals surface area contributed by atoms with Crippen LogP contribution in [0.15, 0.2) is 88.3 Å². The molecule has 1 amide bonds. The van der Waals surface area contributed by atoms with E-state index in [4.69, 9.17) is 14.8 Å². The number of ether oxygens (including phenoxy) is 1. The highest BCUT2D eigenvalue weighted by atomic mass is 32.1. The molecule has 0 fully saturated rings. The van der Waals surface area contributed by atoms with Gasteiger partial charge in [0, 0.05) is 33.1 Å². The molecule has 0 saturated heterocycles. The minimum absolute atomic E-state index is 0.0270. The average Bonchev–Trinajstić information content (AvgIpc) is 3.42. The number of rotatable bonds is 4. The van der Waals surface area contributed by atoms with Crippen molar-refractivity contribution in [2.24, 2.45) is 10.1 Å². The molecule has 0 atom stereocenters. The Labute approximate surface area is 205 Å². The van der Waals surface area contributed by atoms with Crippen LogP contribution in [0.3, 0.4) is 0 Å². The molecular formula is C27H21N5O2S. The summed E-state index contributed by atoms with van der Waals surface area (Å²) in [7, 11) is 0. The van der Waals surface area contributed by atoms with Crippen LogP contribution in [0.2, 0.25) is 0 Å². The Morgan fingerprint density at radius 1 is 1.06 bits per heavy atom. The van der Waals surface area contributed by atoms with E-state index >= 15 is 0 Å². The van der Waals surface area contributed by atoms with Crippen LogP contribution in [0.5, 0.6) is 5.75 Å². The van der Waals surface area contributed by atoms with Crippen molar-refractivity contribution in [3.63, 3.8) is 0 Å². The van der Waals surface area contributed by atoms with E-state index in [-0.39, 0.29) is 12.5 Å². The summed E-state index contributed by atoms with van der Waals surface area (Å²) >= 11 is 1.50. The first-order chi connectivity index (χ1) is 17.2. The number of para-hydroxylation sites is 2. The first-order valence-corrected chi connectivity index (χ1v) is 12.0. The van der Waals surface area contributed by atoms with Gasteiger partial charge < -0.3 is 15.0 Å². The predicted molar refractivity (Wildman–Crippen MR) is 140 cm³/mol. The number of amides is 1. The van der Waals surface area contributed by atoms with Crippen molar-refractivity contribution in [3.05, 3.63) is 94.2 Å². The molecule has 6 rings (SSSR count). The molecule has 0 unspecified atom stereocenters. The Morgan fingerprint density at radius 2 is 1.89 bits per heavy atom. The van der Waals surface area contributed by atoms with Gasteiger partial charge in [-0.15, -0.1) is 11.3 Å². The van der Waals surface area contributed by atoms with Crippen LogP contribution < -0.4 is 14.9 Å². The topological polar surface area (TPSA) is 83.8 Å². The van der Waals surface area contributed by atoms with Gasteiger partial charge in [-0.2, -0.15) is 5.10 Å². The molecule has 0 bridgehead atoms. The third-order valence-corrected chi connectivity index (χ3v) is 6.64. The minimum atomic E-state index is -0.166. The van der Waals surface area contributed by atoms with Crippen LogP contribution in [0, 0.1) is 6.92 Å². The van der Waals surface area contributed by atoms with E-state index < -0.39 is 0 Å². The van der Waals surface area contributed by atoms with Gasteiger partial charge in [-0.3, -0.25) is 4.79 Å². The van der Waals surface area contributed by atoms with E-state index in [1.165, 1.54) is 11.3 Å². The summed E-state index contributed by atoms with van der Waals surface area (Å²) < 4.78 is 7.36. The Bertz CT molecular complexity index is 1660. The molecule has 0 spiro atoms. The highest BCUT2D eigenvalue weighted by Crippen LogP contribution is 2.33. The van der Waals surface area contributed by atoms with Gasteiger partial charge in [0.1, 0.15) is 5.75 Å². The van der Waals surface area contributed by atoms with Crippen molar-refractivity contribution in [2.45, 2.75) is 6.92 Å². The van der Waals surface area contributed by atoms with Crippen LogP contribution in [-0.2, 0) is 4.79 Å². The van der Waals surface area contributed by atoms with Crippen molar-refractivity contribution in [2.75, 3.05) is 11.9 Å². The molecule has 2 aromatic heterocycles. The smallest absolute Gasteiger partial charge is 0.262 e. The van der Waals surface area contributed by atoms with Crippen molar-refractivity contribution >= 4 is 45.7 Å². The standard InChI is InChI=1S/C27H21N5O2S/c1-17-21(20-9-5-6-10-22(20)29-17)14-28-32-24(16-35-27(32)30-19-7-3-2-4-8-19)18-11-12-25-23(13-18)31-26(33)15-34-25/h2-14,16,29H,15H2,1H3,(H,31,33). The minimum Gasteiger partial charge on any atom is -0.482 e. The van der Waals surface area contributed by atoms with Crippen LogP contribution >= 0.6 is 11.3 Å². The van der Waals surface area contributed by atoms with Crippen molar-refractivity contribution in [1.29, 1.82) is 0 Å². The van der Waals surface area contributed by atoms with Crippen LogP contribution in [0.4, 0.5) is 11.4 Å². The zero-order chi connectivity index (χ0) is 23.8. The first kappa shape index (κ1) is 21.1. The van der Waals surface area contributed by atoms with Gasteiger partial charge in [0.15, 0.2) is 6.61 Å². The van der Waals surface area contributed by atoms with Gasteiger partial charge in [-0.05, 0) is 43.3 Å². The highest BCUT2D eigenvalue weighted by molar-refractivity contribution is 7.07. The van der Waals surface area contributed by atoms with Crippen LogP contribution in [0.1, 0.15) is 11.3 Å². The van der Waals surface area contributed by atoms with Gasteiger partial charge in [0.2, 0.25) is 4.80 Å². The van der Waals surface area contributed by atoms with Crippen LogP contribution in [-0.4, -0.2) is 28.4 Å². The summed E-state index contributed by atoms with van der Waals surface area (Å²) in [6.45, 7) is 2.07. The van der Waals surface area contributed by atoms with Crippen molar-refractivity contribution < 1.29 is 9.53 Å². The van der Waals surface area contributed by atoms with Gasteiger partial charge in [-0.25, -0.2) is 9.67 Å². The lowest BCUT2D eigenvalue weighted by Crippen LogP contribution is -2.25. The number of benzene rings is 3. The number of hydrogen-bond acceptors (Lipinski definition) is 5. The number of aryl methyl sites for hydroxylation is 1. The zero-order valence-corrected chi connectivity index (χ0v) is 19.7. The van der Waals surface area contributed by atoms with Crippen LogP contribution in [0.25, 0.3) is 22.2 Å². The second-order valence-electron chi connectivity index (χ2n) is 8.16. The van der Waals surface area contributed by atoms with Gasteiger partial charge in [-0.1, -0.05) is 36.4 Å². The molecule has 1 aliphatic heterocycles. The molecular weight excluding hydrogens is 458 g/mol. The number of thiazole rings is 1. The molecule has 35 heavy (non-hydrogen) atoms. The lowest BCUT2D eigenvalue weighted by atomic mass is 10.1. The molecule has 172 valence electrons. The quantitative estimate of drug-likeness (QED) is 0.336. The fraction of sp³-hybridized carbons (Fsp3) is 0.0741. The molecule has 0 radical (unpaired) electrons. The molecule has 0 saturated carbocycles. The molecule has 3 aromatic carbocycles. The summed E-state index contributed by atoms with van der Waals surface area (Å²) in [4.78, 5) is 20.8. The summed E-state index contributed by atoms with van der Waals surface area (Å²) in [5, 5.41) is 10.9. The number of carbonyl (C=O) groups is 1. The number of hydrogen-bond donors (Lipinski definition) is 2. The van der Waals surface area contributed by atoms with E-state index in [0.717, 1.165) is 43.9 Å². The first-order valence-electron chi connectivity index (χ1n) is 11.1. The Hall–Kier alpha value is -4.43. The monoisotopic (exact) mass is 479 g/mol. The SMILES string of the molecule is Cc1[nH]c2ccccc2c1C=Nn1c(-c2ccc3c(c2)NC(=O)CO3)csc1=Nc1ccccc1. The largest absolute Gasteiger partial charge is 0.482 e. The number of fused-ring (bicyclic) bond motifs is 2. The lowest BCUT2D eigenvalue weighted by Gasteiger charge is -2.18. The molecule has 1 aliphatic rings. The van der Waals surface area contributed by atoms with E-state index in [0.29, 0.717) is 11.4 Å². The normalized spacial score (nSPS) is 13.7. The number of anilines is 1. The maximum Gasteiger partial charge on any atom is 0.262 e. The number of aromatic amines is 1. The van der Waals surface area contributed by atoms with Gasteiger partial charge >= 0.3 is 0 Å². The van der Waals surface area contributed by atoms with E-state index in [2.05, 4.69) is 22.4 Å². The maximum absolute atomic E-state index is 11.8. The molecule has 7 nitrogen and oxygen atoms in total. The Morgan fingerprint density at radius 3 is 2.77 bits per heavy atom. The molecule has 5 aromatic rings. The average molecular weight is 480 g/mol. The van der Waals surface area contributed by atoms with Gasteiger partial charge in [0.05, 0.1) is 23.3 Å². The summed E-state index contributed by atoms with van der Waals surface area (Å²) in [5.41, 5.74) is 6.40. The van der Waals surface area contributed by atoms with E-state index in [1.807, 2.05) is 83.9 Å². The molecule has 2 N–H and O–H groups in total. The summed E-state index contributed by atoms with van der Waals surface area (Å²) in [6.07, 6.45) is 1.87. The fourth-order valence-corrected chi connectivity index (χ4v) is 4.98. The predicted octanol–water partition coefficient (Wildman–Crippen LogP) is 5.45. The second-order valence-corrected chi connectivity index (χ2v) is 9.00. The Balaban J connectivity index is 1.50. The lowest BCUT2D eigenvalue weighted by molar-refractivity contribution is -0.118. The van der Waals surface area contributed by atoms with Gasteiger partial charge in [0.25, 0.3) is 5.91 Å². The number of nitrogens with zero attached hydrogens (tertiary/aromatic N) is 3. The molecule has 0 aliphatic carbocycles. The van der Waals surface area contributed by atoms with Crippen molar-refractivity contribution in [3.8, 4) is 17.0 Å². The second kappa shape index (κ2) is 8.73. The number of aromatic nitrogens is 2. The zero-order valence-electron chi connectivity index (χ0n) is 18.9. The number of carbonyl (C=O) groups excluding carboxylic acids is 1. The Kier molecular flexibility index (Phi) is 5.27. The fourth-order valence-electron chi connectivity index (χ4n) is 4.12. The van der Waals surface area contributed by atoms with Crippen molar-refractivity contribution in [1.82, 2.24) is 9.66 Å². The number of H-pyrrole nitrogens is 1. The molecule has 8 heteroatoms. The summed E-state index contributed by atoms with van der Waals surface area (Å²) in [6, 6.07) is 23.7. The third kappa shape index (κ3) is 4.04. The summed E-state index contributed by atoms with van der Waals surface area (Å²) in [5.74, 6) is 0.489. The number of nitrogens with one attached hydrogen (secondary N) is 2. The van der Waals surface area contributed by atoms with E-state index in [1.54, 1.807) is 0 Å². The maximum atomic E-state index is 11.8.